The first-order valence-corrected chi connectivity index (χ1v) is 15.6. The van der Waals surface area contributed by atoms with E-state index in [9.17, 15) is 0 Å². The van der Waals surface area contributed by atoms with Crippen molar-refractivity contribution < 1.29 is 0 Å². The van der Waals surface area contributed by atoms with Crippen LogP contribution in [0.1, 0.15) is 26.3 Å². The third kappa shape index (κ3) is 3.58. The molecule has 9 rings (SSSR count). The van der Waals surface area contributed by atoms with Crippen molar-refractivity contribution in [2.75, 3.05) is 0 Å². The molecule has 0 amide bonds. The summed E-state index contributed by atoms with van der Waals surface area (Å²) >= 11 is 0. The van der Waals surface area contributed by atoms with Gasteiger partial charge in [-0.1, -0.05) is 142 Å². The van der Waals surface area contributed by atoms with Crippen molar-refractivity contribution in [3.63, 3.8) is 0 Å². The van der Waals surface area contributed by atoms with Crippen LogP contribution in [0.2, 0.25) is 0 Å². The van der Waals surface area contributed by atoms with E-state index in [0.717, 1.165) is 0 Å². The first-order valence-electron chi connectivity index (χ1n) is 15.6. The molecule has 0 aromatic heterocycles. The molecule has 0 saturated heterocycles. The molecule has 0 unspecified atom stereocenters. The normalized spacial score (nSPS) is 12.4. The Morgan fingerprint density at radius 1 is 0.364 bits per heavy atom. The molecule has 1 aliphatic carbocycles. The maximum atomic E-state index is 2.45. The smallest absolute Gasteiger partial charge is 0.000719 e. The molecule has 0 saturated carbocycles. The van der Waals surface area contributed by atoms with E-state index in [4.69, 9.17) is 0 Å². The Morgan fingerprint density at radius 3 is 1.57 bits per heavy atom. The lowest BCUT2D eigenvalue weighted by molar-refractivity contribution is 0.590. The molecule has 0 bridgehead atoms. The van der Waals surface area contributed by atoms with Crippen molar-refractivity contribution in [2.45, 2.75) is 26.2 Å². The average Bonchev–Trinajstić information content (AvgIpc) is 3.37. The second-order valence-electron chi connectivity index (χ2n) is 13.3. The van der Waals surface area contributed by atoms with Crippen LogP contribution < -0.4 is 0 Å². The zero-order chi connectivity index (χ0) is 29.6. The van der Waals surface area contributed by atoms with Crippen LogP contribution in [0.4, 0.5) is 0 Å². The Balaban J connectivity index is 1.53. The molecule has 1 aliphatic rings. The molecular formula is C44H32. The molecule has 0 aliphatic heterocycles. The Kier molecular flexibility index (Phi) is 5.26. The monoisotopic (exact) mass is 560 g/mol. The molecule has 0 heterocycles. The van der Waals surface area contributed by atoms with Crippen molar-refractivity contribution >= 4 is 43.1 Å². The van der Waals surface area contributed by atoms with Gasteiger partial charge in [0, 0.05) is 0 Å². The summed E-state index contributed by atoms with van der Waals surface area (Å²) in [4.78, 5) is 0. The van der Waals surface area contributed by atoms with Crippen molar-refractivity contribution in [3.8, 4) is 44.5 Å². The van der Waals surface area contributed by atoms with Gasteiger partial charge in [-0.25, -0.2) is 0 Å². The van der Waals surface area contributed by atoms with Crippen LogP contribution in [0, 0.1) is 0 Å². The number of fused-ring (bicyclic) bond motifs is 7. The summed E-state index contributed by atoms with van der Waals surface area (Å²) < 4.78 is 0. The number of hydrogen-bond acceptors (Lipinski definition) is 0. The lowest BCUT2D eigenvalue weighted by Gasteiger charge is -2.23. The fourth-order valence-corrected chi connectivity index (χ4v) is 7.62. The Morgan fingerprint density at radius 2 is 0.909 bits per heavy atom. The standard InChI is InChI=1S/C44H32/c1-44(2,3)32-22-20-28(21-23-32)40-37-25-30-15-8-7-14-29(30)24-36(37)39(27-12-5-4-6-13-27)42-35-19-11-18-34-33-17-10-9-16-31(33)26-38(41(34)35)43(40)42/h4-26H,1-3H3. The van der Waals surface area contributed by atoms with Gasteiger partial charge in [-0.05, 0) is 117 Å². The van der Waals surface area contributed by atoms with Gasteiger partial charge in [0.25, 0.3) is 0 Å². The van der Waals surface area contributed by atoms with Crippen LogP contribution in [0.3, 0.4) is 0 Å². The first-order chi connectivity index (χ1) is 21.5. The third-order valence-corrected chi connectivity index (χ3v) is 9.70. The lowest BCUT2D eigenvalue weighted by Crippen LogP contribution is -2.10. The van der Waals surface area contributed by atoms with E-state index in [1.165, 1.54) is 93.2 Å². The summed E-state index contributed by atoms with van der Waals surface area (Å²) in [6, 6.07) is 52.3. The van der Waals surface area contributed by atoms with Gasteiger partial charge in [0.05, 0.1) is 0 Å². The predicted octanol–water partition coefficient (Wildman–Crippen LogP) is 12.6. The molecule has 208 valence electrons. The zero-order valence-corrected chi connectivity index (χ0v) is 25.3. The number of rotatable bonds is 2. The first kappa shape index (κ1) is 25.3. The van der Waals surface area contributed by atoms with Crippen molar-refractivity contribution in [1.29, 1.82) is 0 Å². The van der Waals surface area contributed by atoms with Crippen molar-refractivity contribution in [2.24, 2.45) is 0 Å². The fraction of sp³-hybridized carbons (Fsp3) is 0.0909. The minimum Gasteiger partial charge on any atom is -0.0622 e. The second kappa shape index (κ2) is 9.15. The zero-order valence-electron chi connectivity index (χ0n) is 25.3. The molecule has 0 atom stereocenters. The Bertz CT molecular complexity index is 2440. The van der Waals surface area contributed by atoms with E-state index >= 15 is 0 Å². The molecule has 0 nitrogen and oxygen atoms in total. The molecular weight excluding hydrogens is 528 g/mol. The number of benzene rings is 8. The molecule has 44 heavy (non-hydrogen) atoms. The van der Waals surface area contributed by atoms with Gasteiger partial charge >= 0.3 is 0 Å². The average molecular weight is 561 g/mol. The topological polar surface area (TPSA) is 0 Å². The van der Waals surface area contributed by atoms with E-state index in [1.54, 1.807) is 0 Å². The summed E-state index contributed by atoms with van der Waals surface area (Å²) in [5.41, 5.74) is 12.0. The Hall–Kier alpha value is -5.20. The number of hydrogen-bond donors (Lipinski definition) is 0. The van der Waals surface area contributed by atoms with Gasteiger partial charge in [0.1, 0.15) is 0 Å². The van der Waals surface area contributed by atoms with E-state index in [1.807, 2.05) is 0 Å². The molecule has 0 spiro atoms. The van der Waals surface area contributed by atoms with Crippen LogP contribution in [0.5, 0.6) is 0 Å². The van der Waals surface area contributed by atoms with Crippen molar-refractivity contribution in [1.82, 2.24) is 0 Å². The Labute approximate surface area is 258 Å². The predicted molar refractivity (Wildman–Crippen MR) is 190 cm³/mol. The second-order valence-corrected chi connectivity index (χ2v) is 13.3. The summed E-state index contributed by atoms with van der Waals surface area (Å²) in [6.45, 7) is 6.87. The van der Waals surface area contributed by atoms with E-state index in [2.05, 4.69) is 160 Å². The lowest BCUT2D eigenvalue weighted by atomic mass is 9.80. The highest BCUT2D eigenvalue weighted by Crippen LogP contribution is 2.58. The van der Waals surface area contributed by atoms with Gasteiger partial charge < -0.3 is 0 Å². The summed E-state index contributed by atoms with van der Waals surface area (Å²) in [5, 5.41) is 10.4. The molecule has 0 radical (unpaired) electrons. The largest absolute Gasteiger partial charge is 0.0622 e. The van der Waals surface area contributed by atoms with Crippen LogP contribution >= 0.6 is 0 Å². The SMILES string of the molecule is CC(C)(C)c1ccc(-c2c3c(c(-c4ccccc4)c4cc5ccccc5cc24)-c2cccc4c2c-3cc2ccccc24)cc1. The third-order valence-electron chi connectivity index (χ3n) is 9.70. The minimum absolute atomic E-state index is 0.0939. The molecule has 0 fully saturated rings. The maximum Gasteiger partial charge on any atom is -0.000719 e. The molecule has 8 aromatic carbocycles. The van der Waals surface area contributed by atoms with Gasteiger partial charge in [0.15, 0.2) is 0 Å². The highest BCUT2D eigenvalue weighted by Gasteiger charge is 2.31. The van der Waals surface area contributed by atoms with E-state index in [0.29, 0.717) is 0 Å². The highest BCUT2D eigenvalue weighted by atomic mass is 14.3. The van der Waals surface area contributed by atoms with Crippen LogP contribution in [-0.4, -0.2) is 0 Å². The van der Waals surface area contributed by atoms with E-state index < -0.39 is 0 Å². The minimum atomic E-state index is 0.0939. The van der Waals surface area contributed by atoms with Gasteiger partial charge in [-0.2, -0.15) is 0 Å². The molecule has 0 heteroatoms. The molecule has 8 aromatic rings. The van der Waals surface area contributed by atoms with Gasteiger partial charge in [-0.15, -0.1) is 0 Å². The van der Waals surface area contributed by atoms with Gasteiger partial charge in [0.2, 0.25) is 0 Å². The van der Waals surface area contributed by atoms with Crippen LogP contribution in [-0.2, 0) is 5.41 Å². The van der Waals surface area contributed by atoms with Crippen molar-refractivity contribution in [3.05, 3.63) is 145 Å². The fourth-order valence-electron chi connectivity index (χ4n) is 7.62. The van der Waals surface area contributed by atoms with Gasteiger partial charge in [-0.3, -0.25) is 0 Å². The summed E-state index contributed by atoms with van der Waals surface area (Å²) in [7, 11) is 0. The maximum absolute atomic E-state index is 2.45. The molecule has 0 N–H and O–H groups in total. The summed E-state index contributed by atoms with van der Waals surface area (Å²) in [5.74, 6) is 0. The highest BCUT2D eigenvalue weighted by molar-refractivity contribution is 6.31. The summed E-state index contributed by atoms with van der Waals surface area (Å²) in [6.07, 6.45) is 0. The quantitative estimate of drug-likeness (QED) is 0.146. The van der Waals surface area contributed by atoms with Crippen LogP contribution in [0.15, 0.2) is 140 Å². The van der Waals surface area contributed by atoms with E-state index in [-0.39, 0.29) is 5.41 Å². The van der Waals surface area contributed by atoms with Crippen LogP contribution in [0.25, 0.3) is 87.6 Å².